The van der Waals surface area contributed by atoms with Crippen LogP contribution in [-0.2, 0) is 10.0 Å². The number of para-hydroxylation sites is 1. The number of aromatic nitrogens is 1. The van der Waals surface area contributed by atoms with Gasteiger partial charge in [-0.1, -0.05) is 36.8 Å². The van der Waals surface area contributed by atoms with Crippen LogP contribution < -0.4 is 0 Å². The summed E-state index contributed by atoms with van der Waals surface area (Å²) >= 11 is 0. The van der Waals surface area contributed by atoms with Crippen LogP contribution in [0.2, 0.25) is 0 Å². The van der Waals surface area contributed by atoms with Gasteiger partial charge in [0.05, 0.1) is 4.90 Å². The van der Waals surface area contributed by atoms with E-state index in [0.717, 1.165) is 31.2 Å². The molecule has 0 spiro atoms. The van der Waals surface area contributed by atoms with Gasteiger partial charge in [-0.2, -0.15) is 4.31 Å². The van der Waals surface area contributed by atoms with Gasteiger partial charge in [0.2, 0.25) is 10.0 Å². The van der Waals surface area contributed by atoms with Crippen molar-refractivity contribution in [3.05, 3.63) is 71.9 Å². The lowest BCUT2D eigenvalue weighted by atomic mass is 9.98. The van der Waals surface area contributed by atoms with Crippen LogP contribution in [-0.4, -0.2) is 54.2 Å². The summed E-state index contributed by atoms with van der Waals surface area (Å²) < 4.78 is 28.0. The first-order valence-corrected chi connectivity index (χ1v) is 13.1. The van der Waals surface area contributed by atoms with Crippen LogP contribution in [0.5, 0.6) is 0 Å². The van der Waals surface area contributed by atoms with Crippen molar-refractivity contribution < 1.29 is 13.2 Å². The van der Waals surface area contributed by atoms with Gasteiger partial charge in [0.15, 0.2) is 0 Å². The van der Waals surface area contributed by atoms with Crippen molar-refractivity contribution in [1.29, 1.82) is 0 Å². The summed E-state index contributed by atoms with van der Waals surface area (Å²) in [5.74, 6) is -0.132. The standard InChI is InChI=1S/C26H29N3O3S/c1-19-7-4-5-14-29(19)33(31,32)22-9-6-8-21(17-22)26(30)28-15-12-20(13-16-28)24-18-27-25-11-3-2-10-23(24)25/h2-3,6,8-12,17-19,27H,4-5,7,13-16H2,1H3. The molecule has 2 aromatic carbocycles. The number of benzene rings is 2. The molecule has 0 saturated carbocycles. The van der Waals surface area contributed by atoms with E-state index in [4.69, 9.17) is 0 Å². The predicted molar refractivity (Wildman–Crippen MR) is 130 cm³/mol. The number of carbonyl (C=O) groups is 1. The summed E-state index contributed by atoms with van der Waals surface area (Å²) in [4.78, 5) is 18.5. The molecule has 1 amide bonds. The molecule has 0 radical (unpaired) electrons. The van der Waals surface area contributed by atoms with Gasteiger partial charge in [0.25, 0.3) is 5.91 Å². The highest BCUT2D eigenvalue weighted by atomic mass is 32.2. The number of hydrogen-bond donors (Lipinski definition) is 1. The van der Waals surface area contributed by atoms with Gasteiger partial charge in [0.1, 0.15) is 0 Å². The van der Waals surface area contributed by atoms with Crippen molar-refractivity contribution in [3.8, 4) is 0 Å². The van der Waals surface area contributed by atoms with E-state index in [1.165, 1.54) is 22.6 Å². The summed E-state index contributed by atoms with van der Waals surface area (Å²) in [7, 11) is -3.61. The Labute approximate surface area is 194 Å². The molecule has 33 heavy (non-hydrogen) atoms. The molecule has 1 unspecified atom stereocenters. The van der Waals surface area contributed by atoms with Crippen LogP contribution in [0.3, 0.4) is 0 Å². The number of piperidine rings is 1. The van der Waals surface area contributed by atoms with Crippen LogP contribution >= 0.6 is 0 Å². The molecular formula is C26H29N3O3S. The minimum Gasteiger partial charge on any atom is -0.361 e. The number of hydrogen-bond acceptors (Lipinski definition) is 3. The number of nitrogens with zero attached hydrogens (tertiary/aromatic N) is 2. The third-order valence-corrected chi connectivity index (χ3v) is 8.87. The zero-order chi connectivity index (χ0) is 23.0. The average Bonchev–Trinajstić information content (AvgIpc) is 3.28. The fourth-order valence-corrected chi connectivity index (χ4v) is 6.72. The van der Waals surface area contributed by atoms with Gasteiger partial charge in [-0.3, -0.25) is 4.79 Å². The molecule has 3 heterocycles. The van der Waals surface area contributed by atoms with Gasteiger partial charge >= 0.3 is 0 Å². The van der Waals surface area contributed by atoms with E-state index >= 15 is 0 Å². The minimum absolute atomic E-state index is 0.0155. The molecule has 1 fully saturated rings. The SMILES string of the molecule is CC1CCCCN1S(=O)(=O)c1cccc(C(=O)N2CC=C(c3c[nH]c4ccccc34)CC2)c1. The van der Waals surface area contributed by atoms with Crippen molar-refractivity contribution in [1.82, 2.24) is 14.2 Å². The van der Waals surface area contributed by atoms with Gasteiger partial charge < -0.3 is 9.88 Å². The number of rotatable bonds is 4. The molecule has 2 aliphatic rings. The van der Waals surface area contributed by atoms with Crippen molar-refractivity contribution in [3.63, 3.8) is 0 Å². The van der Waals surface area contributed by atoms with Gasteiger partial charge in [-0.05, 0) is 56.0 Å². The number of fused-ring (bicyclic) bond motifs is 1. The number of sulfonamides is 1. The second kappa shape index (κ2) is 8.80. The minimum atomic E-state index is -3.61. The maximum Gasteiger partial charge on any atom is 0.254 e. The summed E-state index contributed by atoms with van der Waals surface area (Å²) in [6.07, 6.45) is 7.69. The number of aromatic amines is 1. The number of nitrogens with one attached hydrogen (secondary N) is 1. The zero-order valence-electron chi connectivity index (χ0n) is 18.8. The van der Waals surface area contributed by atoms with Crippen molar-refractivity contribution >= 4 is 32.4 Å². The molecule has 2 aliphatic heterocycles. The highest BCUT2D eigenvalue weighted by Crippen LogP contribution is 2.30. The van der Waals surface area contributed by atoms with Gasteiger partial charge in [0, 0.05) is 53.9 Å². The molecule has 1 saturated heterocycles. The lowest BCUT2D eigenvalue weighted by Gasteiger charge is -2.32. The maximum atomic E-state index is 13.2. The van der Waals surface area contributed by atoms with E-state index < -0.39 is 10.0 Å². The Morgan fingerprint density at radius 2 is 1.91 bits per heavy atom. The first kappa shape index (κ1) is 21.9. The number of amides is 1. The number of H-pyrrole nitrogens is 1. The lowest BCUT2D eigenvalue weighted by molar-refractivity contribution is 0.0772. The first-order valence-electron chi connectivity index (χ1n) is 11.6. The predicted octanol–water partition coefficient (Wildman–Crippen LogP) is 4.66. The Kier molecular flexibility index (Phi) is 5.85. The van der Waals surface area contributed by atoms with Gasteiger partial charge in [-0.15, -0.1) is 0 Å². The quantitative estimate of drug-likeness (QED) is 0.612. The van der Waals surface area contributed by atoms with Crippen LogP contribution in [0.1, 0.15) is 48.5 Å². The molecule has 0 aliphatic carbocycles. The summed E-state index contributed by atoms with van der Waals surface area (Å²) in [6.45, 7) is 3.60. The molecule has 1 atom stereocenters. The van der Waals surface area contributed by atoms with E-state index in [-0.39, 0.29) is 16.8 Å². The molecule has 1 N–H and O–H groups in total. The Bertz CT molecular complexity index is 1330. The van der Waals surface area contributed by atoms with Gasteiger partial charge in [-0.25, -0.2) is 8.42 Å². The van der Waals surface area contributed by atoms with Crippen molar-refractivity contribution in [2.45, 2.75) is 43.5 Å². The average molecular weight is 464 g/mol. The Morgan fingerprint density at radius 3 is 2.70 bits per heavy atom. The van der Waals surface area contributed by atoms with E-state index in [1.807, 2.05) is 25.3 Å². The van der Waals surface area contributed by atoms with Crippen LogP contribution in [0.4, 0.5) is 0 Å². The van der Waals surface area contributed by atoms with Crippen molar-refractivity contribution in [2.24, 2.45) is 0 Å². The number of carbonyl (C=O) groups excluding carboxylic acids is 1. The zero-order valence-corrected chi connectivity index (χ0v) is 19.6. The van der Waals surface area contributed by atoms with Crippen LogP contribution in [0, 0.1) is 0 Å². The molecule has 5 rings (SSSR count). The van der Waals surface area contributed by atoms with E-state index in [2.05, 4.69) is 23.2 Å². The Balaban J connectivity index is 1.34. The van der Waals surface area contributed by atoms with Crippen LogP contribution in [0.15, 0.2) is 65.7 Å². The third-order valence-electron chi connectivity index (χ3n) is 6.86. The van der Waals surface area contributed by atoms with Crippen LogP contribution in [0.25, 0.3) is 16.5 Å². The van der Waals surface area contributed by atoms with E-state index in [1.54, 1.807) is 27.4 Å². The third kappa shape index (κ3) is 4.11. The highest BCUT2D eigenvalue weighted by molar-refractivity contribution is 7.89. The monoisotopic (exact) mass is 463 g/mol. The summed E-state index contributed by atoms with van der Waals surface area (Å²) in [5.41, 5.74) is 3.94. The topological polar surface area (TPSA) is 73.5 Å². The normalized spacial score (nSPS) is 20.1. The molecule has 3 aromatic rings. The van der Waals surface area contributed by atoms with Crippen molar-refractivity contribution in [2.75, 3.05) is 19.6 Å². The second-order valence-corrected chi connectivity index (χ2v) is 10.9. The van der Waals surface area contributed by atoms with E-state index in [9.17, 15) is 13.2 Å². The maximum absolute atomic E-state index is 13.2. The Hall–Kier alpha value is -2.90. The van der Waals surface area contributed by atoms with E-state index in [0.29, 0.717) is 25.2 Å². The second-order valence-electron chi connectivity index (χ2n) is 8.97. The molecular weight excluding hydrogens is 434 g/mol. The molecule has 7 heteroatoms. The Morgan fingerprint density at radius 1 is 1.06 bits per heavy atom. The first-order chi connectivity index (χ1) is 15.9. The smallest absolute Gasteiger partial charge is 0.254 e. The molecule has 0 bridgehead atoms. The fraction of sp³-hybridized carbons (Fsp3) is 0.346. The highest BCUT2D eigenvalue weighted by Gasteiger charge is 2.31. The lowest BCUT2D eigenvalue weighted by Crippen LogP contribution is -2.42. The molecule has 6 nitrogen and oxygen atoms in total. The molecule has 1 aromatic heterocycles. The molecule has 172 valence electrons. The fourth-order valence-electron chi connectivity index (χ4n) is 4.97. The summed E-state index contributed by atoms with van der Waals surface area (Å²) in [6, 6.07) is 14.7. The summed E-state index contributed by atoms with van der Waals surface area (Å²) in [5, 5.41) is 1.19. The largest absolute Gasteiger partial charge is 0.361 e.